The number of halogens is 1. The fourth-order valence-electron chi connectivity index (χ4n) is 2.41. The van der Waals surface area contributed by atoms with Gasteiger partial charge in [0.15, 0.2) is 0 Å². The minimum absolute atomic E-state index is 0.732. The largest absolute Gasteiger partial charge is 0.383 e. The van der Waals surface area contributed by atoms with Crippen molar-refractivity contribution in [3.63, 3.8) is 0 Å². The summed E-state index contributed by atoms with van der Waals surface area (Å²) in [5, 5.41) is 4.21. The van der Waals surface area contributed by atoms with Gasteiger partial charge >= 0.3 is 0 Å². The standard InChI is InChI=1S/C16H25ClN2O/c1-3-19(12-13-4-5-13)16-7-6-15(17)10-14(16)11-18-8-9-20-2/h6-7,10,13,18H,3-5,8-9,11-12H2,1-2H3. The predicted octanol–water partition coefficient (Wildman–Crippen LogP) is 3.31. The van der Waals surface area contributed by atoms with Gasteiger partial charge in [0.1, 0.15) is 0 Å². The predicted molar refractivity (Wildman–Crippen MR) is 85.6 cm³/mol. The number of benzene rings is 1. The van der Waals surface area contributed by atoms with Gasteiger partial charge in [-0.25, -0.2) is 0 Å². The van der Waals surface area contributed by atoms with E-state index in [0.29, 0.717) is 0 Å². The molecule has 20 heavy (non-hydrogen) atoms. The van der Waals surface area contributed by atoms with Crippen LogP contribution in [0.25, 0.3) is 0 Å². The lowest BCUT2D eigenvalue weighted by molar-refractivity contribution is 0.199. The van der Waals surface area contributed by atoms with Gasteiger partial charge in [0.25, 0.3) is 0 Å². The van der Waals surface area contributed by atoms with Gasteiger partial charge in [-0.1, -0.05) is 11.6 Å². The van der Waals surface area contributed by atoms with Crippen LogP contribution in [-0.4, -0.2) is 33.4 Å². The molecule has 1 fully saturated rings. The summed E-state index contributed by atoms with van der Waals surface area (Å²) in [5.41, 5.74) is 2.59. The fraction of sp³-hybridized carbons (Fsp3) is 0.625. The number of ether oxygens (including phenoxy) is 1. The van der Waals surface area contributed by atoms with Crippen LogP contribution in [-0.2, 0) is 11.3 Å². The summed E-state index contributed by atoms with van der Waals surface area (Å²) in [6.45, 7) is 6.86. The zero-order valence-electron chi connectivity index (χ0n) is 12.5. The monoisotopic (exact) mass is 296 g/mol. The van der Waals surface area contributed by atoms with E-state index in [1.165, 1.54) is 30.6 Å². The van der Waals surface area contributed by atoms with Crippen LogP contribution in [0.2, 0.25) is 5.02 Å². The number of hydrogen-bond donors (Lipinski definition) is 1. The molecule has 1 saturated carbocycles. The summed E-state index contributed by atoms with van der Waals surface area (Å²) in [5.74, 6) is 0.889. The Bertz CT molecular complexity index is 421. The number of hydrogen-bond acceptors (Lipinski definition) is 3. The van der Waals surface area contributed by atoms with Crippen LogP contribution in [0.4, 0.5) is 5.69 Å². The summed E-state index contributed by atoms with van der Waals surface area (Å²) >= 11 is 6.15. The van der Waals surface area contributed by atoms with Crippen molar-refractivity contribution in [3.05, 3.63) is 28.8 Å². The number of rotatable bonds is 9. The Kier molecular flexibility index (Phi) is 6.14. The molecule has 0 radical (unpaired) electrons. The van der Waals surface area contributed by atoms with E-state index in [-0.39, 0.29) is 0 Å². The molecule has 112 valence electrons. The molecule has 1 N–H and O–H groups in total. The molecule has 0 atom stereocenters. The van der Waals surface area contributed by atoms with Crippen molar-refractivity contribution < 1.29 is 4.74 Å². The third-order valence-corrected chi connectivity index (χ3v) is 3.97. The Morgan fingerprint density at radius 2 is 2.20 bits per heavy atom. The molecule has 1 aliphatic rings. The lowest BCUT2D eigenvalue weighted by atomic mass is 10.1. The van der Waals surface area contributed by atoms with Crippen molar-refractivity contribution in [1.29, 1.82) is 0 Å². The SMILES string of the molecule is CCN(CC1CC1)c1ccc(Cl)cc1CNCCOC. The Hall–Kier alpha value is -0.770. The molecular formula is C16H25ClN2O. The second-order valence-corrected chi connectivity index (χ2v) is 5.86. The van der Waals surface area contributed by atoms with Crippen molar-refractivity contribution in [2.75, 3.05) is 38.3 Å². The molecule has 0 saturated heterocycles. The van der Waals surface area contributed by atoms with Gasteiger partial charge in [-0.05, 0) is 49.4 Å². The molecule has 0 bridgehead atoms. The summed E-state index contributed by atoms with van der Waals surface area (Å²) in [6.07, 6.45) is 2.76. The molecule has 0 aromatic heterocycles. The van der Waals surface area contributed by atoms with E-state index < -0.39 is 0 Å². The number of nitrogens with one attached hydrogen (secondary N) is 1. The van der Waals surface area contributed by atoms with Crippen LogP contribution in [0.3, 0.4) is 0 Å². The quantitative estimate of drug-likeness (QED) is 0.708. The zero-order chi connectivity index (χ0) is 14.4. The Morgan fingerprint density at radius 3 is 2.85 bits per heavy atom. The summed E-state index contributed by atoms with van der Waals surface area (Å²) in [6, 6.07) is 6.22. The van der Waals surface area contributed by atoms with Crippen LogP contribution in [0, 0.1) is 5.92 Å². The molecule has 1 aliphatic carbocycles. The third-order valence-electron chi connectivity index (χ3n) is 3.74. The van der Waals surface area contributed by atoms with Gasteiger partial charge in [0.05, 0.1) is 6.61 Å². The highest BCUT2D eigenvalue weighted by Crippen LogP contribution is 2.33. The minimum atomic E-state index is 0.732. The molecule has 1 aromatic rings. The highest BCUT2D eigenvalue weighted by Gasteiger charge is 2.24. The van der Waals surface area contributed by atoms with Gasteiger partial charge in [0, 0.05) is 44.0 Å². The topological polar surface area (TPSA) is 24.5 Å². The van der Waals surface area contributed by atoms with E-state index >= 15 is 0 Å². The van der Waals surface area contributed by atoms with Gasteiger partial charge in [-0.2, -0.15) is 0 Å². The first kappa shape index (κ1) is 15.6. The van der Waals surface area contributed by atoms with Crippen molar-refractivity contribution >= 4 is 17.3 Å². The number of nitrogens with zero attached hydrogens (tertiary/aromatic N) is 1. The summed E-state index contributed by atoms with van der Waals surface area (Å²) in [4.78, 5) is 2.47. The lowest BCUT2D eigenvalue weighted by Crippen LogP contribution is -2.27. The van der Waals surface area contributed by atoms with E-state index in [1.807, 2.05) is 6.07 Å². The highest BCUT2D eigenvalue weighted by atomic mass is 35.5. The second-order valence-electron chi connectivity index (χ2n) is 5.42. The first-order chi connectivity index (χ1) is 9.74. The number of anilines is 1. The molecular weight excluding hydrogens is 272 g/mol. The van der Waals surface area contributed by atoms with Crippen molar-refractivity contribution in [1.82, 2.24) is 5.32 Å². The van der Waals surface area contributed by atoms with Crippen LogP contribution >= 0.6 is 11.6 Å². The molecule has 0 amide bonds. The van der Waals surface area contributed by atoms with Crippen LogP contribution in [0.5, 0.6) is 0 Å². The molecule has 1 aromatic carbocycles. The zero-order valence-corrected chi connectivity index (χ0v) is 13.2. The van der Waals surface area contributed by atoms with Gasteiger partial charge < -0.3 is 15.0 Å². The summed E-state index contributed by atoms with van der Waals surface area (Å²) in [7, 11) is 1.72. The molecule has 0 spiro atoms. The van der Waals surface area contributed by atoms with Gasteiger partial charge in [0.2, 0.25) is 0 Å². The van der Waals surface area contributed by atoms with Crippen LogP contribution < -0.4 is 10.2 Å². The minimum Gasteiger partial charge on any atom is -0.383 e. The van der Waals surface area contributed by atoms with Crippen molar-refractivity contribution in [2.24, 2.45) is 5.92 Å². The molecule has 0 aliphatic heterocycles. The maximum atomic E-state index is 6.15. The Labute approximate surface area is 127 Å². The maximum absolute atomic E-state index is 6.15. The third kappa shape index (κ3) is 4.65. The molecule has 3 nitrogen and oxygen atoms in total. The van der Waals surface area contributed by atoms with Gasteiger partial charge in [-0.15, -0.1) is 0 Å². The smallest absolute Gasteiger partial charge is 0.0587 e. The molecule has 2 rings (SSSR count). The average molecular weight is 297 g/mol. The first-order valence-electron chi connectivity index (χ1n) is 7.47. The van der Waals surface area contributed by atoms with Crippen LogP contribution in [0.15, 0.2) is 18.2 Å². The Morgan fingerprint density at radius 1 is 1.40 bits per heavy atom. The normalized spacial score (nSPS) is 14.6. The van der Waals surface area contributed by atoms with E-state index in [2.05, 4.69) is 29.3 Å². The van der Waals surface area contributed by atoms with E-state index in [9.17, 15) is 0 Å². The fourth-order valence-corrected chi connectivity index (χ4v) is 2.61. The molecule has 0 heterocycles. The number of methoxy groups -OCH3 is 1. The van der Waals surface area contributed by atoms with Crippen LogP contribution in [0.1, 0.15) is 25.3 Å². The second kappa shape index (κ2) is 7.87. The lowest BCUT2D eigenvalue weighted by Gasteiger charge is -2.26. The molecule has 0 unspecified atom stereocenters. The maximum Gasteiger partial charge on any atom is 0.0587 e. The average Bonchev–Trinajstić information content (AvgIpc) is 3.26. The van der Waals surface area contributed by atoms with E-state index in [1.54, 1.807) is 7.11 Å². The summed E-state index contributed by atoms with van der Waals surface area (Å²) < 4.78 is 5.06. The van der Waals surface area contributed by atoms with Crippen molar-refractivity contribution in [3.8, 4) is 0 Å². The Balaban J connectivity index is 2.04. The van der Waals surface area contributed by atoms with Crippen molar-refractivity contribution in [2.45, 2.75) is 26.3 Å². The van der Waals surface area contributed by atoms with Gasteiger partial charge in [-0.3, -0.25) is 0 Å². The van der Waals surface area contributed by atoms with E-state index in [4.69, 9.17) is 16.3 Å². The molecule has 4 heteroatoms. The highest BCUT2D eigenvalue weighted by molar-refractivity contribution is 6.30. The first-order valence-corrected chi connectivity index (χ1v) is 7.85. The van der Waals surface area contributed by atoms with E-state index in [0.717, 1.165) is 37.2 Å².